The molecule has 0 spiro atoms. The second-order valence-corrected chi connectivity index (χ2v) is 9.62. The third-order valence-corrected chi connectivity index (χ3v) is 6.58. The molecule has 1 unspecified atom stereocenters. The maximum Gasteiger partial charge on any atom is 0.308 e. The standard InChI is InChI=1S/C26H31NO5/c1-14-19-13-26(4,5)32-24(19)22(15(2)20-11-18(28)12-21(29)31-20)16(3)23(14)27-25(30)17-9-7-6-8-10-17/h6-10,15,18,20,28H,11-13H2,1-5H3,(H,27,30)/t15?,18-,20+/m1/s1. The normalized spacial score (nSPS) is 22.5. The van der Waals surface area contributed by atoms with Gasteiger partial charge in [-0.3, -0.25) is 9.59 Å². The van der Waals surface area contributed by atoms with Crippen molar-refractivity contribution < 1.29 is 24.2 Å². The first-order valence-corrected chi connectivity index (χ1v) is 11.2. The van der Waals surface area contributed by atoms with Crippen molar-refractivity contribution in [1.82, 2.24) is 0 Å². The summed E-state index contributed by atoms with van der Waals surface area (Å²) in [6.45, 7) is 10.1. The topological polar surface area (TPSA) is 84.9 Å². The molecule has 3 atom stereocenters. The fourth-order valence-electron chi connectivity index (χ4n) is 4.95. The average Bonchev–Trinajstić information content (AvgIpc) is 3.06. The van der Waals surface area contributed by atoms with Crippen LogP contribution in [0.4, 0.5) is 5.69 Å². The highest BCUT2D eigenvalue weighted by molar-refractivity contribution is 6.05. The Morgan fingerprint density at radius 2 is 1.88 bits per heavy atom. The summed E-state index contributed by atoms with van der Waals surface area (Å²) in [7, 11) is 0. The minimum atomic E-state index is -0.711. The van der Waals surface area contributed by atoms with E-state index in [1.807, 2.05) is 52.8 Å². The molecule has 4 rings (SSSR count). The van der Waals surface area contributed by atoms with Crippen LogP contribution in [0.5, 0.6) is 5.75 Å². The number of cyclic esters (lactones) is 1. The summed E-state index contributed by atoms with van der Waals surface area (Å²) in [5, 5.41) is 13.3. The van der Waals surface area contributed by atoms with E-state index < -0.39 is 12.2 Å². The molecule has 1 amide bonds. The maximum absolute atomic E-state index is 13.0. The van der Waals surface area contributed by atoms with Crippen LogP contribution < -0.4 is 10.1 Å². The molecule has 0 bridgehead atoms. The molecule has 0 saturated carbocycles. The number of hydrogen-bond acceptors (Lipinski definition) is 5. The zero-order valence-electron chi connectivity index (χ0n) is 19.3. The zero-order chi connectivity index (χ0) is 23.2. The SMILES string of the molecule is Cc1c2c(c(C(C)[C@@H]3C[C@@H](O)CC(=O)O3)c(C)c1NC(=O)c1ccccc1)OC(C)(C)C2. The van der Waals surface area contributed by atoms with Crippen molar-refractivity contribution in [2.75, 3.05) is 5.32 Å². The first-order valence-electron chi connectivity index (χ1n) is 11.2. The molecular weight excluding hydrogens is 406 g/mol. The number of ether oxygens (including phenoxy) is 2. The first kappa shape index (κ1) is 22.3. The van der Waals surface area contributed by atoms with E-state index in [1.54, 1.807) is 12.1 Å². The molecule has 2 heterocycles. The Balaban J connectivity index is 1.79. The van der Waals surface area contributed by atoms with Crippen LogP contribution in [0.1, 0.15) is 72.1 Å². The van der Waals surface area contributed by atoms with E-state index in [2.05, 4.69) is 5.32 Å². The smallest absolute Gasteiger partial charge is 0.308 e. The van der Waals surface area contributed by atoms with E-state index >= 15 is 0 Å². The van der Waals surface area contributed by atoms with Gasteiger partial charge < -0.3 is 19.9 Å². The van der Waals surface area contributed by atoms with Gasteiger partial charge in [0.15, 0.2) is 0 Å². The molecule has 170 valence electrons. The third-order valence-electron chi connectivity index (χ3n) is 6.58. The predicted octanol–water partition coefficient (Wildman–Crippen LogP) is 4.44. The molecule has 2 aliphatic heterocycles. The van der Waals surface area contributed by atoms with Crippen LogP contribution >= 0.6 is 0 Å². The number of amides is 1. The van der Waals surface area contributed by atoms with Crippen molar-refractivity contribution >= 4 is 17.6 Å². The number of esters is 1. The highest BCUT2D eigenvalue weighted by Crippen LogP contribution is 2.49. The summed E-state index contributed by atoms with van der Waals surface area (Å²) in [6.07, 6.45) is -0.0470. The maximum atomic E-state index is 13.0. The number of hydrogen-bond donors (Lipinski definition) is 2. The van der Waals surface area contributed by atoms with Crippen LogP contribution in [-0.2, 0) is 16.0 Å². The first-order chi connectivity index (χ1) is 15.1. The summed E-state index contributed by atoms with van der Waals surface area (Å²) >= 11 is 0. The van der Waals surface area contributed by atoms with Crippen molar-refractivity contribution in [2.45, 2.75) is 77.6 Å². The fraction of sp³-hybridized carbons (Fsp3) is 0.462. The molecule has 6 nitrogen and oxygen atoms in total. The minimum Gasteiger partial charge on any atom is -0.487 e. The Hall–Kier alpha value is -2.86. The summed E-state index contributed by atoms with van der Waals surface area (Å²) in [5.41, 5.74) is 4.85. The van der Waals surface area contributed by atoms with Gasteiger partial charge in [0.2, 0.25) is 0 Å². The van der Waals surface area contributed by atoms with Gasteiger partial charge in [0.05, 0.1) is 12.5 Å². The largest absolute Gasteiger partial charge is 0.487 e. The van der Waals surface area contributed by atoms with Crippen molar-refractivity contribution in [3.63, 3.8) is 0 Å². The van der Waals surface area contributed by atoms with E-state index in [0.717, 1.165) is 40.1 Å². The lowest BCUT2D eigenvalue weighted by Gasteiger charge is -2.33. The third kappa shape index (κ3) is 4.11. The van der Waals surface area contributed by atoms with E-state index in [9.17, 15) is 14.7 Å². The summed E-state index contributed by atoms with van der Waals surface area (Å²) in [5.74, 6) is 0.0461. The van der Waals surface area contributed by atoms with Crippen LogP contribution in [0.2, 0.25) is 0 Å². The number of aliphatic hydroxyl groups excluding tert-OH is 1. The van der Waals surface area contributed by atoms with Crippen molar-refractivity contribution in [2.24, 2.45) is 0 Å². The highest BCUT2D eigenvalue weighted by Gasteiger charge is 2.40. The quantitative estimate of drug-likeness (QED) is 0.691. The summed E-state index contributed by atoms with van der Waals surface area (Å²) in [6, 6.07) is 9.12. The Morgan fingerprint density at radius 1 is 1.19 bits per heavy atom. The Bertz CT molecular complexity index is 1060. The van der Waals surface area contributed by atoms with Gasteiger partial charge in [0, 0.05) is 41.1 Å². The number of nitrogens with one attached hydrogen (secondary N) is 1. The second kappa shape index (κ2) is 8.24. The second-order valence-electron chi connectivity index (χ2n) is 9.62. The van der Waals surface area contributed by atoms with Gasteiger partial charge in [-0.15, -0.1) is 0 Å². The predicted molar refractivity (Wildman–Crippen MR) is 122 cm³/mol. The number of fused-ring (bicyclic) bond motifs is 1. The van der Waals surface area contributed by atoms with Gasteiger partial charge in [-0.25, -0.2) is 0 Å². The molecule has 0 aromatic heterocycles. The lowest BCUT2D eigenvalue weighted by atomic mass is 9.83. The Kier molecular flexibility index (Phi) is 5.76. The number of carbonyl (C=O) groups is 2. The van der Waals surface area contributed by atoms with Crippen molar-refractivity contribution in [3.8, 4) is 5.75 Å². The fourth-order valence-corrected chi connectivity index (χ4v) is 4.95. The molecule has 0 aliphatic carbocycles. The molecule has 0 radical (unpaired) electrons. The molecule has 2 aromatic rings. The molecule has 1 saturated heterocycles. The number of aliphatic hydroxyl groups is 1. The van der Waals surface area contributed by atoms with Gasteiger partial charge >= 0.3 is 5.97 Å². The lowest BCUT2D eigenvalue weighted by molar-refractivity contribution is -0.161. The minimum absolute atomic E-state index is 0.0239. The zero-order valence-corrected chi connectivity index (χ0v) is 19.3. The summed E-state index contributed by atoms with van der Waals surface area (Å²) in [4.78, 5) is 25.0. The molecule has 2 aliphatic rings. The molecule has 32 heavy (non-hydrogen) atoms. The van der Waals surface area contributed by atoms with Gasteiger partial charge in [-0.05, 0) is 51.0 Å². The molecular formula is C26H31NO5. The number of benzene rings is 2. The molecule has 1 fully saturated rings. The summed E-state index contributed by atoms with van der Waals surface area (Å²) < 4.78 is 12.0. The average molecular weight is 438 g/mol. The van der Waals surface area contributed by atoms with Gasteiger partial charge in [0.1, 0.15) is 17.5 Å². The van der Waals surface area contributed by atoms with E-state index in [1.165, 1.54) is 0 Å². The van der Waals surface area contributed by atoms with Gasteiger partial charge in [0.25, 0.3) is 5.91 Å². The Labute approximate surface area is 188 Å². The Morgan fingerprint density at radius 3 is 2.53 bits per heavy atom. The van der Waals surface area contributed by atoms with Gasteiger partial charge in [-0.2, -0.15) is 0 Å². The van der Waals surface area contributed by atoms with E-state index in [-0.39, 0.29) is 29.8 Å². The number of rotatable bonds is 4. The number of carbonyl (C=O) groups excluding carboxylic acids is 2. The number of anilines is 1. The van der Waals surface area contributed by atoms with Crippen LogP contribution in [0.25, 0.3) is 0 Å². The molecule has 2 N–H and O–H groups in total. The highest BCUT2D eigenvalue weighted by atomic mass is 16.5. The van der Waals surface area contributed by atoms with Crippen LogP contribution in [0, 0.1) is 13.8 Å². The van der Waals surface area contributed by atoms with Crippen LogP contribution in [0.15, 0.2) is 30.3 Å². The van der Waals surface area contributed by atoms with Crippen molar-refractivity contribution in [1.29, 1.82) is 0 Å². The molecule has 6 heteroatoms. The van der Waals surface area contributed by atoms with Crippen molar-refractivity contribution in [3.05, 3.63) is 58.1 Å². The monoisotopic (exact) mass is 437 g/mol. The van der Waals surface area contributed by atoms with Gasteiger partial charge in [-0.1, -0.05) is 25.1 Å². The van der Waals surface area contributed by atoms with Crippen LogP contribution in [-0.4, -0.2) is 34.8 Å². The molecule has 2 aromatic carbocycles. The van der Waals surface area contributed by atoms with Crippen LogP contribution in [0.3, 0.4) is 0 Å². The lowest BCUT2D eigenvalue weighted by Crippen LogP contribution is -2.36. The van der Waals surface area contributed by atoms with E-state index in [0.29, 0.717) is 12.0 Å². The van der Waals surface area contributed by atoms with E-state index in [4.69, 9.17) is 9.47 Å².